The number of hydrogen-bond acceptors (Lipinski definition) is 5. The first-order valence-electron chi connectivity index (χ1n) is 8.41. The van der Waals surface area contributed by atoms with E-state index in [4.69, 9.17) is 21.1 Å². The van der Waals surface area contributed by atoms with Crippen LogP contribution in [0.1, 0.15) is 44.9 Å². The normalized spacial score (nSPS) is 18.9. The van der Waals surface area contributed by atoms with Crippen LogP contribution in [0.4, 0.5) is 4.79 Å². The number of hydrogen-bond donors (Lipinski definition) is 0. The first-order valence-corrected chi connectivity index (χ1v) is 8.79. The minimum absolute atomic E-state index is 0.0565. The van der Waals surface area contributed by atoms with Crippen LogP contribution in [0.15, 0.2) is 6.20 Å². The molecule has 134 valence electrons. The van der Waals surface area contributed by atoms with Gasteiger partial charge in [0.2, 0.25) is 0 Å². The van der Waals surface area contributed by atoms with E-state index in [9.17, 15) is 10.1 Å². The van der Waals surface area contributed by atoms with Crippen molar-refractivity contribution in [2.24, 2.45) is 5.41 Å². The lowest BCUT2D eigenvalue weighted by Crippen LogP contribution is -2.49. The second kappa shape index (κ2) is 6.38. The molecule has 0 unspecified atom stereocenters. The summed E-state index contributed by atoms with van der Waals surface area (Å²) in [6.45, 7) is 7.38. The maximum atomic E-state index is 12.2. The van der Waals surface area contributed by atoms with Gasteiger partial charge < -0.3 is 14.4 Å². The zero-order chi connectivity index (χ0) is 18.2. The van der Waals surface area contributed by atoms with Gasteiger partial charge in [-0.15, -0.1) is 0 Å². The lowest BCUT2D eigenvalue weighted by Gasteiger charge is -2.43. The number of nitriles is 1. The van der Waals surface area contributed by atoms with Crippen molar-refractivity contribution < 1.29 is 14.3 Å². The fourth-order valence-electron chi connectivity index (χ4n) is 3.34. The number of carbonyl (C=O) groups is 1. The van der Waals surface area contributed by atoms with E-state index in [0.717, 1.165) is 25.0 Å². The van der Waals surface area contributed by atoms with E-state index in [-0.39, 0.29) is 11.5 Å². The number of aromatic nitrogens is 1. The summed E-state index contributed by atoms with van der Waals surface area (Å²) in [6, 6.07) is 2.09. The molecule has 1 fully saturated rings. The van der Waals surface area contributed by atoms with Gasteiger partial charge in [-0.3, -0.25) is 4.98 Å². The molecule has 2 aliphatic heterocycles. The Morgan fingerprint density at radius 1 is 1.44 bits per heavy atom. The molecule has 0 atom stereocenters. The zero-order valence-corrected chi connectivity index (χ0v) is 15.5. The van der Waals surface area contributed by atoms with Gasteiger partial charge in [0.1, 0.15) is 17.2 Å². The van der Waals surface area contributed by atoms with E-state index in [1.165, 1.54) is 6.20 Å². The van der Waals surface area contributed by atoms with Gasteiger partial charge in [0.25, 0.3) is 0 Å². The third kappa shape index (κ3) is 3.67. The number of amides is 1. The van der Waals surface area contributed by atoms with E-state index in [2.05, 4.69) is 11.1 Å². The van der Waals surface area contributed by atoms with Crippen LogP contribution >= 0.6 is 11.6 Å². The number of nitrogens with zero attached hydrogens (tertiary/aromatic N) is 3. The van der Waals surface area contributed by atoms with Crippen molar-refractivity contribution in [3.05, 3.63) is 22.5 Å². The Kier molecular flexibility index (Phi) is 4.54. The highest BCUT2D eigenvalue weighted by molar-refractivity contribution is 6.31. The van der Waals surface area contributed by atoms with Crippen molar-refractivity contribution in [2.45, 2.75) is 45.6 Å². The first-order chi connectivity index (χ1) is 11.7. The smallest absolute Gasteiger partial charge is 0.410 e. The third-order valence-electron chi connectivity index (χ3n) is 4.71. The van der Waals surface area contributed by atoms with Gasteiger partial charge in [-0.05, 0) is 33.6 Å². The lowest BCUT2D eigenvalue weighted by atomic mass is 9.74. The molecular weight excluding hydrogens is 342 g/mol. The molecule has 6 nitrogen and oxygen atoms in total. The fraction of sp³-hybridized carbons (Fsp3) is 0.611. The summed E-state index contributed by atoms with van der Waals surface area (Å²) in [5, 5.41) is 9.58. The van der Waals surface area contributed by atoms with Crippen LogP contribution in [0.5, 0.6) is 5.75 Å². The minimum Gasteiger partial charge on any atom is -0.490 e. The number of likely N-dealkylation sites (tertiary alicyclic amines) is 1. The Balaban J connectivity index is 1.69. The zero-order valence-electron chi connectivity index (χ0n) is 14.8. The van der Waals surface area contributed by atoms with E-state index in [0.29, 0.717) is 36.0 Å². The fourth-order valence-corrected chi connectivity index (χ4v) is 3.52. The molecule has 1 aromatic heterocycles. The first kappa shape index (κ1) is 17.8. The maximum Gasteiger partial charge on any atom is 0.410 e. The highest BCUT2D eigenvalue weighted by Crippen LogP contribution is 2.43. The number of ether oxygens (including phenoxy) is 2. The molecule has 0 aromatic carbocycles. The molecule has 3 heterocycles. The summed E-state index contributed by atoms with van der Waals surface area (Å²) >= 11 is 6.02. The Morgan fingerprint density at radius 2 is 2.12 bits per heavy atom. The molecule has 1 spiro atoms. The van der Waals surface area contributed by atoms with Crippen molar-refractivity contribution in [3.63, 3.8) is 0 Å². The molecule has 1 saturated heterocycles. The molecule has 0 bridgehead atoms. The largest absolute Gasteiger partial charge is 0.490 e. The number of rotatable bonds is 0. The Bertz CT molecular complexity index is 728. The van der Waals surface area contributed by atoms with Crippen molar-refractivity contribution >= 4 is 17.7 Å². The molecule has 2 aliphatic rings. The summed E-state index contributed by atoms with van der Waals surface area (Å²) in [5.74, 6) is 0.509. The molecular formula is C18H22ClN3O3. The Hall–Kier alpha value is -2.00. The molecule has 0 saturated carbocycles. The van der Waals surface area contributed by atoms with Gasteiger partial charge in [-0.2, -0.15) is 5.26 Å². The SMILES string of the molecule is CC(C)(C)OC(=O)N1CCC2(CC1)COc1c(ncc(Cl)c1C#N)C2. The van der Waals surface area contributed by atoms with Crippen LogP contribution < -0.4 is 4.74 Å². The summed E-state index contributed by atoms with van der Waals surface area (Å²) in [4.78, 5) is 18.3. The molecule has 25 heavy (non-hydrogen) atoms. The van der Waals surface area contributed by atoms with E-state index >= 15 is 0 Å². The summed E-state index contributed by atoms with van der Waals surface area (Å²) in [5.41, 5.74) is 0.584. The molecule has 3 rings (SSSR count). The van der Waals surface area contributed by atoms with E-state index < -0.39 is 5.60 Å². The van der Waals surface area contributed by atoms with Crippen LogP contribution in [0.2, 0.25) is 5.02 Å². The maximum absolute atomic E-state index is 12.2. The van der Waals surface area contributed by atoms with Crippen molar-refractivity contribution in [3.8, 4) is 11.8 Å². The van der Waals surface area contributed by atoms with Crippen LogP contribution in [-0.4, -0.2) is 41.3 Å². The topological polar surface area (TPSA) is 75.4 Å². The Morgan fingerprint density at radius 3 is 2.72 bits per heavy atom. The molecule has 0 radical (unpaired) electrons. The van der Waals surface area contributed by atoms with Gasteiger partial charge in [0.15, 0.2) is 5.75 Å². The average molecular weight is 364 g/mol. The Labute approximate surface area is 152 Å². The van der Waals surface area contributed by atoms with Crippen LogP contribution in [0, 0.1) is 16.7 Å². The number of fused-ring (bicyclic) bond motifs is 1. The highest BCUT2D eigenvalue weighted by atomic mass is 35.5. The average Bonchev–Trinajstić information content (AvgIpc) is 2.54. The van der Waals surface area contributed by atoms with Gasteiger partial charge in [-0.1, -0.05) is 11.6 Å². The molecule has 0 N–H and O–H groups in total. The minimum atomic E-state index is -0.490. The second-order valence-corrected chi connectivity index (χ2v) is 8.21. The van der Waals surface area contributed by atoms with Gasteiger partial charge >= 0.3 is 6.09 Å². The second-order valence-electron chi connectivity index (χ2n) is 7.80. The van der Waals surface area contributed by atoms with Crippen LogP contribution in [0.3, 0.4) is 0 Å². The quantitative estimate of drug-likeness (QED) is 0.704. The number of halogens is 1. The lowest BCUT2D eigenvalue weighted by molar-refractivity contribution is -0.00147. The molecule has 1 aromatic rings. The highest BCUT2D eigenvalue weighted by Gasteiger charge is 2.42. The molecule has 7 heteroatoms. The van der Waals surface area contributed by atoms with Crippen LogP contribution in [0.25, 0.3) is 0 Å². The molecule has 0 aliphatic carbocycles. The summed E-state index contributed by atoms with van der Waals surface area (Å²) in [7, 11) is 0. The number of pyridine rings is 1. The van der Waals surface area contributed by atoms with Crippen molar-refractivity contribution in [2.75, 3.05) is 19.7 Å². The van der Waals surface area contributed by atoms with Gasteiger partial charge in [-0.25, -0.2) is 4.79 Å². The predicted molar refractivity (Wildman–Crippen MR) is 92.6 cm³/mol. The van der Waals surface area contributed by atoms with E-state index in [1.807, 2.05) is 20.8 Å². The van der Waals surface area contributed by atoms with E-state index in [1.54, 1.807) is 4.90 Å². The number of carbonyl (C=O) groups excluding carboxylic acids is 1. The summed E-state index contributed by atoms with van der Waals surface area (Å²) in [6.07, 6.45) is 3.61. The van der Waals surface area contributed by atoms with Crippen LogP contribution in [-0.2, 0) is 11.2 Å². The monoisotopic (exact) mass is 363 g/mol. The summed E-state index contributed by atoms with van der Waals surface area (Å²) < 4.78 is 11.3. The number of piperidine rings is 1. The van der Waals surface area contributed by atoms with Gasteiger partial charge in [0, 0.05) is 31.1 Å². The third-order valence-corrected chi connectivity index (χ3v) is 5.00. The van der Waals surface area contributed by atoms with Gasteiger partial charge in [0.05, 0.1) is 17.3 Å². The van der Waals surface area contributed by atoms with Crippen molar-refractivity contribution in [1.82, 2.24) is 9.88 Å². The molecule has 1 amide bonds. The van der Waals surface area contributed by atoms with Crippen molar-refractivity contribution in [1.29, 1.82) is 5.26 Å². The standard InChI is InChI=1S/C18H22ClN3O3/c1-17(2,3)25-16(23)22-6-4-18(5-7-22)8-14-15(24-11-18)12(9-20)13(19)10-21-14/h10H,4-8,11H2,1-3H3. The predicted octanol–water partition coefficient (Wildman–Crippen LogP) is 3.56.